The van der Waals surface area contributed by atoms with Crippen molar-refractivity contribution in [3.05, 3.63) is 0 Å². The molecule has 3 N–H and O–H groups in total. The average Bonchev–Trinajstić information content (AvgIpc) is 2.72. The predicted octanol–water partition coefficient (Wildman–Crippen LogP) is -0.108. The Morgan fingerprint density at radius 1 is 1.14 bits per heavy atom. The summed E-state index contributed by atoms with van der Waals surface area (Å²) >= 11 is 0. The van der Waals surface area contributed by atoms with Gasteiger partial charge in [-0.25, -0.2) is 13.2 Å². The van der Waals surface area contributed by atoms with E-state index in [1.165, 1.54) is 0 Å². The Balaban J connectivity index is 2.13. The van der Waals surface area contributed by atoms with Crippen molar-refractivity contribution in [2.75, 3.05) is 18.1 Å². The molecule has 1 rings (SSSR count). The van der Waals surface area contributed by atoms with Crippen molar-refractivity contribution in [2.24, 2.45) is 5.92 Å². The van der Waals surface area contributed by atoms with Crippen LogP contribution in [0.1, 0.15) is 32.1 Å². The number of unbranched alkanes of at least 4 members (excludes halogenated alkanes) is 1. The minimum absolute atomic E-state index is 0.00434. The molecule has 8 nitrogen and oxygen atoms in total. The predicted molar refractivity (Wildman–Crippen MR) is 74.4 cm³/mol. The standard InChI is InChI=1S/C12H20N2O6S/c15-10(3-1-2-4-11(16)17)14-12(18)13-7-9-5-6-21(19,20)8-9/h9H,1-8H2,(H,16,17)(H2,13,14,15,18). The molecule has 0 aromatic carbocycles. The lowest BCUT2D eigenvalue weighted by Gasteiger charge is -2.10. The maximum absolute atomic E-state index is 11.4. The summed E-state index contributed by atoms with van der Waals surface area (Å²) in [5, 5.41) is 13.0. The maximum atomic E-state index is 11.4. The molecule has 0 radical (unpaired) electrons. The third-order valence-electron chi connectivity index (χ3n) is 3.18. The van der Waals surface area contributed by atoms with Crippen LogP contribution >= 0.6 is 0 Å². The largest absolute Gasteiger partial charge is 0.481 e. The number of hydrogen-bond donors (Lipinski definition) is 3. The van der Waals surface area contributed by atoms with E-state index in [1.54, 1.807) is 0 Å². The third kappa shape index (κ3) is 7.64. The number of carbonyl (C=O) groups is 3. The van der Waals surface area contributed by atoms with Gasteiger partial charge in [0.15, 0.2) is 9.84 Å². The number of imide groups is 1. The Hall–Kier alpha value is -1.64. The second-order valence-electron chi connectivity index (χ2n) is 5.13. The molecule has 0 saturated carbocycles. The lowest BCUT2D eigenvalue weighted by molar-refractivity contribution is -0.137. The van der Waals surface area contributed by atoms with E-state index < -0.39 is 27.7 Å². The van der Waals surface area contributed by atoms with Crippen LogP contribution < -0.4 is 10.6 Å². The highest BCUT2D eigenvalue weighted by Gasteiger charge is 2.27. The number of urea groups is 1. The molecule has 1 fully saturated rings. The first kappa shape index (κ1) is 17.4. The number of carbonyl (C=O) groups excluding carboxylic acids is 2. The molecule has 1 saturated heterocycles. The molecule has 0 aliphatic carbocycles. The van der Waals surface area contributed by atoms with Crippen molar-refractivity contribution in [2.45, 2.75) is 32.1 Å². The van der Waals surface area contributed by atoms with Crippen molar-refractivity contribution in [1.82, 2.24) is 10.6 Å². The molecule has 0 spiro atoms. The van der Waals surface area contributed by atoms with Crippen molar-refractivity contribution in [3.8, 4) is 0 Å². The zero-order valence-electron chi connectivity index (χ0n) is 11.6. The summed E-state index contributed by atoms with van der Waals surface area (Å²) < 4.78 is 22.5. The highest BCUT2D eigenvalue weighted by molar-refractivity contribution is 7.91. The average molecular weight is 320 g/mol. The van der Waals surface area contributed by atoms with Gasteiger partial charge in [0.1, 0.15) is 0 Å². The summed E-state index contributed by atoms with van der Waals surface area (Å²) in [5.74, 6) is -1.29. The second kappa shape index (κ2) is 7.96. The third-order valence-corrected chi connectivity index (χ3v) is 5.01. The van der Waals surface area contributed by atoms with Gasteiger partial charge in [0.05, 0.1) is 11.5 Å². The van der Waals surface area contributed by atoms with E-state index in [2.05, 4.69) is 10.6 Å². The topological polar surface area (TPSA) is 130 Å². The highest BCUT2D eigenvalue weighted by atomic mass is 32.2. The molecule has 1 aliphatic heterocycles. The SMILES string of the molecule is O=C(O)CCCCC(=O)NC(=O)NCC1CCS(=O)(=O)C1. The second-order valence-corrected chi connectivity index (χ2v) is 7.36. The van der Waals surface area contributed by atoms with Gasteiger partial charge in [-0.1, -0.05) is 0 Å². The fourth-order valence-electron chi connectivity index (χ4n) is 2.07. The van der Waals surface area contributed by atoms with Crippen LogP contribution in [0, 0.1) is 5.92 Å². The van der Waals surface area contributed by atoms with Crippen LogP contribution in [0.25, 0.3) is 0 Å². The van der Waals surface area contributed by atoms with Crippen molar-refractivity contribution in [3.63, 3.8) is 0 Å². The Labute approximate surface area is 123 Å². The molecule has 120 valence electrons. The number of amides is 3. The van der Waals surface area contributed by atoms with Crippen molar-refractivity contribution < 1.29 is 27.9 Å². The normalized spacial score (nSPS) is 19.9. The van der Waals surface area contributed by atoms with Gasteiger partial charge in [-0.15, -0.1) is 0 Å². The number of sulfone groups is 1. The summed E-state index contributed by atoms with van der Waals surface area (Å²) in [6.45, 7) is 0.220. The number of carboxylic acids is 1. The summed E-state index contributed by atoms with van der Waals surface area (Å²) in [6.07, 6.45) is 1.37. The van der Waals surface area contributed by atoms with E-state index in [1.807, 2.05) is 0 Å². The molecule has 1 atom stereocenters. The summed E-state index contributed by atoms with van der Waals surface area (Å²) in [7, 11) is -2.98. The van der Waals surface area contributed by atoms with Gasteiger partial charge in [0, 0.05) is 19.4 Å². The molecule has 0 aromatic rings. The van der Waals surface area contributed by atoms with Crippen molar-refractivity contribution in [1.29, 1.82) is 0 Å². The van der Waals surface area contributed by atoms with Crippen LogP contribution in [-0.4, -0.2) is 49.5 Å². The summed E-state index contributed by atoms with van der Waals surface area (Å²) in [4.78, 5) is 33.1. The molecule has 21 heavy (non-hydrogen) atoms. The maximum Gasteiger partial charge on any atom is 0.321 e. The van der Waals surface area contributed by atoms with Gasteiger partial charge >= 0.3 is 12.0 Å². The Bertz CT molecular complexity index is 502. The molecule has 0 bridgehead atoms. The highest BCUT2D eigenvalue weighted by Crippen LogP contribution is 2.17. The minimum atomic E-state index is -2.98. The fourth-order valence-corrected chi connectivity index (χ4v) is 3.93. The van der Waals surface area contributed by atoms with E-state index in [4.69, 9.17) is 5.11 Å². The van der Waals surface area contributed by atoms with Gasteiger partial charge in [-0.05, 0) is 25.2 Å². The summed E-state index contributed by atoms with van der Waals surface area (Å²) in [6, 6.07) is -0.650. The van der Waals surface area contributed by atoms with Gasteiger partial charge in [0.25, 0.3) is 0 Å². The van der Waals surface area contributed by atoms with Gasteiger partial charge < -0.3 is 10.4 Å². The monoisotopic (exact) mass is 320 g/mol. The molecule has 1 unspecified atom stereocenters. The number of rotatable bonds is 7. The molecular weight excluding hydrogens is 300 g/mol. The lowest BCUT2D eigenvalue weighted by atomic mass is 10.1. The van der Waals surface area contributed by atoms with Crippen LogP contribution in [-0.2, 0) is 19.4 Å². The Morgan fingerprint density at radius 3 is 2.38 bits per heavy atom. The van der Waals surface area contributed by atoms with E-state index in [-0.39, 0.29) is 36.8 Å². The summed E-state index contributed by atoms with van der Waals surface area (Å²) in [5.41, 5.74) is 0. The Kier molecular flexibility index (Phi) is 6.60. The molecule has 0 aromatic heterocycles. The molecule has 3 amide bonds. The van der Waals surface area contributed by atoms with Gasteiger partial charge in [-0.3, -0.25) is 14.9 Å². The van der Waals surface area contributed by atoms with E-state index in [0.29, 0.717) is 19.3 Å². The first-order chi connectivity index (χ1) is 9.78. The lowest BCUT2D eigenvalue weighted by Crippen LogP contribution is -2.41. The van der Waals surface area contributed by atoms with Gasteiger partial charge in [-0.2, -0.15) is 0 Å². The van der Waals surface area contributed by atoms with Crippen molar-refractivity contribution >= 4 is 27.7 Å². The van der Waals surface area contributed by atoms with Crippen LogP contribution in [0.3, 0.4) is 0 Å². The quantitative estimate of drug-likeness (QED) is 0.561. The first-order valence-electron chi connectivity index (χ1n) is 6.78. The van der Waals surface area contributed by atoms with Crippen LogP contribution in [0.15, 0.2) is 0 Å². The number of hydrogen-bond acceptors (Lipinski definition) is 5. The van der Waals surface area contributed by atoms with E-state index in [9.17, 15) is 22.8 Å². The van der Waals surface area contributed by atoms with Crippen LogP contribution in [0.4, 0.5) is 4.79 Å². The van der Waals surface area contributed by atoms with Crippen LogP contribution in [0.2, 0.25) is 0 Å². The molecular formula is C12H20N2O6S. The smallest absolute Gasteiger partial charge is 0.321 e. The molecule has 9 heteroatoms. The van der Waals surface area contributed by atoms with E-state index in [0.717, 1.165) is 0 Å². The minimum Gasteiger partial charge on any atom is -0.481 e. The number of carboxylic acid groups (broad SMARTS) is 1. The van der Waals surface area contributed by atoms with Crippen LogP contribution in [0.5, 0.6) is 0 Å². The van der Waals surface area contributed by atoms with E-state index >= 15 is 0 Å². The number of aliphatic carboxylic acids is 1. The molecule has 1 aliphatic rings. The van der Waals surface area contributed by atoms with Gasteiger partial charge in [0.2, 0.25) is 5.91 Å². The fraction of sp³-hybridized carbons (Fsp3) is 0.750. The zero-order chi connectivity index (χ0) is 15.9. The zero-order valence-corrected chi connectivity index (χ0v) is 12.4. The molecule has 1 heterocycles. The Morgan fingerprint density at radius 2 is 1.81 bits per heavy atom. The number of nitrogens with one attached hydrogen (secondary N) is 2. The first-order valence-corrected chi connectivity index (χ1v) is 8.60.